The smallest absolute Gasteiger partial charge is 0.242 e. The van der Waals surface area contributed by atoms with E-state index < -0.39 is 5.60 Å². The summed E-state index contributed by atoms with van der Waals surface area (Å²) in [5.41, 5.74) is 2.94. The summed E-state index contributed by atoms with van der Waals surface area (Å²) in [5.74, 6) is 0.927. The lowest BCUT2D eigenvalue weighted by atomic mass is 9.84. The summed E-state index contributed by atoms with van der Waals surface area (Å²) in [6.07, 6.45) is 1.67. The molecular weight excluding hydrogens is 434 g/mol. The number of nitrogens with zero attached hydrogens (tertiary/aromatic N) is 3. The van der Waals surface area contributed by atoms with E-state index in [4.69, 9.17) is 16.6 Å². The Kier molecular flexibility index (Phi) is 5.92. The molecule has 2 heterocycles. The SMILES string of the molecule is O=C(Cn1c(Cc2ccccc2)nc2ccccc21)N1CCC(O)(c2ccc(Cl)cc2)CC1. The highest BCUT2D eigenvalue weighted by atomic mass is 35.5. The quantitative estimate of drug-likeness (QED) is 0.466. The van der Waals surface area contributed by atoms with Crippen LogP contribution in [0.5, 0.6) is 0 Å². The number of carbonyl (C=O) groups excluding carboxylic acids is 1. The van der Waals surface area contributed by atoms with Crippen molar-refractivity contribution in [3.05, 3.63) is 101 Å². The number of rotatable bonds is 5. The third-order valence-corrected chi connectivity index (χ3v) is 6.81. The van der Waals surface area contributed by atoms with E-state index in [1.807, 2.05) is 64.1 Å². The molecule has 1 saturated heterocycles. The van der Waals surface area contributed by atoms with E-state index in [2.05, 4.69) is 12.1 Å². The minimum atomic E-state index is -0.929. The molecule has 168 valence electrons. The lowest BCUT2D eigenvalue weighted by Crippen LogP contribution is -2.46. The van der Waals surface area contributed by atoms with Crippen molar-refractivity contribution in [2.75, 3.05) is 13.1 Å². The number of piperidine rings is 1. The number of imidazole rings is 1. The Morgan fingerprint density at radius 3 is 2.33 bits per heavy atom. The Hall–Kier alpha value is -3.15. The molecule has 33 heavy (non-hydrogen) atoms. The molecule has 0 atom stereocenters. The summed E-state index contributed by atoms with van der Waals surface area (Å²) < 4.78 is 2.03. The van der Waals surface area contributed by atoms with E-state index in [1.165, 1.54) is 0 Å². The number of fused-ring (bicyclic) bond motifs is 1. The highest BCUT2D eigenvalue weighted by Gasteiger charge is 2.35. The van der Waals surface area contributed by atoms with Crippen molar-refractivity contribution >= 4 is 28.5 Å². The fraction of sp³-hybridized carbons (Fsp3) is 0.259. The molecule has 1 aromatic heterocycles. The Morgan fingerprint density at radius 2 is 1.61 bits per heavy atom. The number of hydrogen-bond acceptors (Lipinski definition) is 3. The van der Waals surface area contributed by atoms with E-state index in [-0.39, 0.29) is 12.5 Å². The topological polar surface area (TPSA) is 58.4 Å². The summed E-state index contributed by atoms with van der Waals surface area (Å²) in [6.45, 7) is 1.26. The van der Waals surface area contributed by atoms with Gasteiger partial charge in [-0.3, -0.25) is 4.79 Å². The van der Waals surface area contributed by atoms with Gasteiger partial charge >= 0.3 is 0 Å². The normalized spacial score (nSPS) is 15.6. The summed E-state index contributed by atoms with van der Waals surface area (Å²) in [7, 11) is 0. The molecule has 1 N–H and O–H groups in total. The maximum absolute atomic E-state index is 13.3. The van der Waals surface area contributed by atoms with Crippen LogP contribution in [-0.2, 0) is 23.4 Å². The van der Waals surface area contributed by atoms with Crippen molar-refractivity contribution in [3.63, 3.8) is 0 Å². The molecule has 5 rings (SSSR count). The minimum Gasteiger partial charge on any atom is -0.385 e. The fourth-order valence-corrected chi connectivity index (χ4v) is 4.75. The maximum Gasteiger partial charge on any atom is 0.242 e. The molecule has 0 aliphatic carbocycles. The largest absolute Gasteiger partial charge is 0.385 e. The van der Waals surface area contributed by atoms with Crippen LogP contribution in [0.25, 0.3) is 11.0 Å². The van der Waals surface area contributed by atoms with Crippen molar-refractivity contribution < 1.29 is 9.90 Å². The molecule has 6 heteroatoms. The highest BCUT2D eigenvalue weighted by molar-refractivity contribution is 6.30. The van der Waals surface area contributed by atoms with Crippen LogP contribution < -0.4 is 0 Å². The molecule has 3 aromatic carbocycles. The van der Waals surface area contributed by atoms with Gasteiger partial charge in [0, 0.05) is 24.5 Å². The highest BCUT2D eigenvalue weighted by Crippen LogP contribution is 2.33. The lowest BCUT2D eigenvalue weighted by Gasteiger charge is -2.38. The average Bonchev–Trinajstić information content (AvgIpc) is 3.17. The Balaban J connectivity index is 1.33. The summed E-state index contributed by atoms with van der Waals surface area (Å²) in [4.78, 5) is 20.0. The molecule has 1 amide bonds. The van der Waals surface area contributed by atoms with E-state index in [1.54, 1.807) is 12.1 Å². The zero-order chi connectivity index (χ0) is 22.8. The predicted molar refractivity (Wildman–Crippen MR) is 130 cm³/mol. The molecule has 1 fully saturated rings. The van der Waals surface area contributed by atoms with Crippen molar-refractivity contribution in [2.24, 2.45) is 0 Å². The average molecular weight is 460 g/mol. The molecule has 1 aliphatic rings. The van der Waals surface area contributed by atoms with Gasteiger partial charge in [-0.05, 0) is 48.2 Å². The van der Waals surface area contributed by atoms with Gasteiger partial charge in [0.25, 0.3) is 0 Å². The summed E-state index contributed by atoms with van der Waals surface area (Å²) in [5, 5.41) is 11.8. The molecule has 5 nitrogen and oxygen atoms in total. The number of aromatic nitrogens is 2. The Bertz CT molecular complexity index is 1260. The standard InChI is InChI=1S/C27H26ClN3O2/c28-22-12-10-21(11-13-22)27(33)14-16-30(17-15-27)26(32)19-31-24-9-5-4-8-23(24)29-25(31)18-20-6-2-1-3-7-20/h1-13,33H,14-19H2. The predicted octanol–water partition coefficient (Wildman–Crippen LogP) is 4.79. The molecule has 0 saturated carbocycles. The fourth-order valence-electron chi connectivity index (χ4n) is 4.63. The molecule has 0 spiro atoms. The van der Waals surface area contributed by atoms with Crippen LogP contribution in [0.4, 0.5) is 0 Å². The van der Waals surface area contributed by atoms with Gasteiger partial charge in [0.15, 0.2) is 0 Å². The first-order chi connectivity index (χ1) is 16.0. The van der Waals surface area contributed by atoms with Gasteiger partial charge in [-0.1, -0.05) is 66.2 Å². The van der Waals surface area contributed by atoms with Crippen molar-refractivity contribution in [3.8, 4) is 0 Å². The number of likely N-dealkylation sites (tertiary alicyclic amines) is 1. The zero-order valence-corrected chi connectivity index (χ0v) is 19.1. The number of hydrogen-bond donors (Lipinski definition) is 1. The van der Waals surface area contributed by atoms with Gasteiger partial charge in [-0.2, -0.15) is 0 Å². The van der Waals surface area contributed by atoms with Crippen LogP contribution in [0.2, 0.25) is 5.02 Å². The maximum atomic E-state index is 13.3. The van der Waals surface area contributed by atoms with Crippen LogP contribution in [0.3, 0.4) is 0 Å². The van der Waals surface area contributed by atoms with Crippen LogP contribution >= 0.6 is 11.6 Å². The van der Waals surface area contributed by atoms with Gasteiger partial charge in [0.1, 0.15) is 12.4 Å². The van der Waals surface area contributed by atoms with E-state index in [0.29, 0.717) is 37.4 Å². The zero-order valence-electron chi connectivity index (χ0n) is 18.3. The van der Waals surface area contributed by atoms with Crippen LogP contribution in [0.1, 0.15) is 29.8 Å². The van der Waals surface area contributed by atoms with E-state index in [9.17, 15) is 9.90 Å². The molecule has 0 unspecified atom stereocenters. The number of aliphatic hydroxyl groups is 1. The first-order valence-corrected chi connectivity index (χ1v) is 11.6. The Labute approximate surface area is 198 Å². The molecule has 4 aromatic rings. The van der Waals surface area contributed by atoms with Crippen LogP contribution in [0.15, 0.2) is 78.9 Å². The van der Waals surface area contributed by atoms with Crippen LogP contribution in [-0.4, -0.2) is 38.6 Å². The number of halogens is 1. The lowest BCUT2D eigenvalue weighted by molar-refractivity contribution is -0.136. The van der Waals surface area contributed by atoms with Crippen molar-refractivity contribution in [2.45, 2.75) is 31.4 Å². The third kappa shape index (κ3) is 4.52. The van der Waals surface area contributed by atoms with Gasteiger partial charge in [-0.15, -0.1) is 0 Å². The van der Waals surface area contributed by atoms with Gasteiger partial charge in [0.05, 0.1) is 16.6 Å². The van der Waals surface area contributed by atoms with Crippen molar-refractivity contribution in [1.82, 2.24) is 14.5 Å². The van der Waals surface area contributed by atoms with E-state index in [0.717, 1.165) is 28.0 Å². The van der Waals surface area contributed by atoms with Crippen molar-refractivity contribution in [1.29, 1.82) is 0 Å². The summed E-state index contributed by atoms with van der Waals surface area (Å²) >= 11 is 5.99. The van der Waals surface area contributed by atoms with Crippen LogP contribution in [0, 0.1) is 0 Å². The first kappa shape index (κ1) is 21.7. The molecular formula is C27H26ClN3O2. The monoisotopic (exact) mass is 459 g/mol. The van der Waals surface area contributed by atoms with Gasteiger partial charge in [0.2, 0.25) is 5.91 Å². The number of amides is 1. The Morgan fingerprint density at radius 1 is 0.939 bits per heavy atom. The summed E-state index contributed by atoms with van der Waals surface area (Å²) in [6, 6.07) is 25.5. The second-order valence-electron chi connectivity index (χ2n) is 8.68. The third-order valence-electron chi connectivity index (χ3n) is 6.56. The molecule has 0 radical (unpaired) electrons. The number of carbonyl (C=O) groups is 1. The molecule has 0 bridgehead atoms. The number of benzene rings is 3. The second kappa shape index (κ2) is 9.00. The first-order valence-electron chi connectivity index (χ1n) is 11.3. The number of para-hydroxylation sites is 2. The van der Waals surface area contributed by atoms with Gasteiger partial charge in [-0.25, -0.2) is 4.98 Å². The van der Waals surface area contributed by atoms with E-state index >= 15 is 0 Å². The minimum absolute atomic E-state index is 0.0469. The molecule has 1 aliphatic heterocycles. The van der Waals surface area contributed by atoms with Gasteiger partial charge < -0.3 is 14.6 Å². The second-order valence-corrected chi connectivity index (χ2v) is 9.12.